The summed E-state index contributed by atoms with van der Waals surface area (Å²) in [5, 5.41) is 5.29. The third-order valence-electron chi connectivity index (χ3n) is 4.04. The fourth-order valence-corrected chi connectivity index (χ4v) is 2.88. The predicted octanol–water partition coefficient (Wildman–Crippen LogP) is 1.62. The Morgan fingerprint density at radius 2 is 1.81 bits per heavy atom. The lowest BCUT2D eigenvalue weighted by Crippen LogP contribution is -2.54. The molecule has 0 aliphatic carbocycles. The van der Waals surface area contributed by atoms with Crippen LogP contribution in [-0.2, 0) is 19.1 Å². The molecular weight excluding hydrogens is 350 g/mol. The smallest absolute Gasteiger partial charge is 0.410 e. The highest BCUT2D eigenvalue weighted by molar-refractivity contribution is 5.93. The molecule has 0 radical (unpaired) electrons. The van der Waals surface area contributed by atoms with Gasteiger partial charge in [-0.3, -0.25) is 19.3 Å². The van der Waals surface area contributed by atoms with E-state index in [2.05, 4.69) is 10.6 Å². The van der Waals surface area contributed by atoms with Crippen molar-refractivity contribution in [3.05, 3.63) is 0 Å². The first kappa shape index (κ1) is 22.9. The van der Waals surface area contributed by atoms with Crippen molar-refractivity contribution in [2.24, 2.45) is 5.92 Å². The molecule has 8 heteroatoms. The first-order valence-electron chi connectivity index (χ1n) is 9.48. The van der Waals surface area contributed by atoms with Crippen molar-refractivity contribution in [1.29, 1.82) is 0 Å². The maximum atomic E-state index is 12.8. The van der Waals surface area contributed by atoms with E-state index in [4.69, 9.17) is 4.74 Å². The van der Waals surface area contributed by atoms with Crippen molar-refractivity contribution >= 4 is 23.7 Å². The van der Waals surface area contributed by atoms with E-state index in [1.165, 1.54) is 11.8 Å². The Bertz CT molecular complexity index is 568. The highest BCUT2D eigenvalue weighted by Gasteiger charge is 2.38. The monoisotopic (exact) mass is 383 g/mol. The maximum Gasteiger partial charge on any atom is 0.410 e. The minimum atomic E-state index is -0.752. The van der Waals surface area contributed by atoms with Crippen LogP contribution in [0.1, 0.15) is 60.8 Å². The molecule has 2 atom stereocenters. The number of likely N-dealkylation sites (tertiary alicyclic amines) is 1. The van der Waals surface area contributed by atoms with Crippen molar-refractivity contribution in [3.63, 3.8) is 0 Å². The van der Waals surface area contributed by atoms with E-state index in [0.717, 1.165) is 0 Å². The minimum Gasteiger partial charge on any atom is -0.444 e. The molecule has 27 heavy (non-hydrogen) atoms. The quantitative estimate of drug-likeness (QED) is 0.695. The van der Waals surface area contributed by atoms with Crippen molar-refractivity contribution in [1.82, 2.24) is 15.5 Å². The van der Waals surface area contributed by atoms with Crippen LogP contribution in [-0.4, -0.2) is 59.4 Å². The summed E-state index contributed by atoms with van der Waals surface area (Å²) in [6.45, 7) is 11.0. The van der Waals surface area contributed by atoms with Crippen LogP contribution in [0.25, 0.3) is 0 Å². The van der Waals surface area contributed by atoms with Gasteiger partial charge in [0.1, 0.15) is 23.5 Å². The number of carbonyl (C=O) groups is 4. The number of nitrogens with one attached hydrogen (secondary N) is 2. The molecule has 1 aliphatic rings. The van der Waals surface area contributed by atoms with Gasteiger partial charge in [0.15, 0.2) is 0 Å². The topological polar surface area (TPSA) is 105 Å². The van der Waals surface area contributed by atoms with Gasteiger partial charge >= 0.3 is 6.09 Å². The molecule has 1 saturated heterocycles. The number of nitrogens with zero attached hydrogens (tertiary/aromatic N) is 1. The third kappa shape index (κ3) is 7.97. The second kappa shape index (κ2) is 9.71. The SMILES string of the molecule is CC(=O)CNC(=O)[C@H](CC(C)C)NC(=O)[C@@H]1CCCN1C(=O)OC(C)(C)C. The average molecular weight is 383 g/mol. The second-order valence-corrected chi connectivity index (χ2v) is 8.44. The van der Waals surface area contributed by atoms with Crippen LogP contribution in [0.5, 0.6) is 0 Å². The van der Waals surface area contributed by atoms with Crippen molar-refractivity contribution < 1.29 is 23.9 Å². The molecule has 0 saturated carbocycles. The van der Waals surface area contributed by atoms with Crippen LogP contribution in [0.3, 0.4) is 0 Å². The normalized spacial score (nSPS) is 18.2. The fourth-order valence-electron chi connectivity index (χ4n) is 2.88. The number of hydrogen-bond acceptors (Lipinski definition) is 5. The Balaban J connectivity index is 2.79. The van der Waals surface area contributed by atoms with E-state index >= 15 is 0 Å². The van der Waals surface area contributed by atoms with Gasteiger partial charge < -0.3 is 15.4 Å². The lowest BCUT2D eigenvalue weighted by atomic mass is 10.0. The number of ketones is 1. The number of amides is 3. The maximum absolute atomic E-state index is 12.8. The third-order valence-corrected chi connectivity index (χ3v) is 4.04. The molecule has 8 nitrogen and oxygen atoms in total. The molecule has 2 N–H and O–H groups in total. The number of hydrogen-bond donors (Lipinski definition) is 2. The van der Waals surface area contributed by atoms with E-state index in [9.17, 15) is 19.2 Å². The molecule has 3 amide bonds. The van der Waals surface area contributed by atoms with Gasteiger partial charge in [-0.25, -0.2) is 4.79 Å². The molecule has 0 spiro atoms. The van der Waals surface area contributed by atoms with Crippen LogP contribution >= 0.6 is 0 Å². The zero-order chi connectivity index (χ0) is 20.8. The van der Waals surface area contributed by atoms with E-state index < -0.39 is 29.7 Å². The summed E-state index contributed by atoms with van der Waals surface area (Å²) in [6, 6.07) is -1.41. The molecule has 0 aromatic heterocycles. The van der Waals surface area contributed by atoms with Gasteiger partial charge in [-0.15, -0.1) is 0 Å². The number of ether oxygens (including phenoxy) is 1. The molecule has 1 aliphatic heterocycles. The lowest BCUT2D eigenvalue weighted by molar-refractivity contribution is -0.132. The van der Waals surface area contributed by atoms with E-state index in [-0.39, 0.29) is 24.2 Å². The Morgan fingerprint density at radius 3 is 2.33 bits per heavy atom. The van der Waals surface area contributed by atoms with E-state index in [1.807, 2.05) is 13.8 Å². The van der Waals surface area contributed by atoms with Gasteiger partial charge in [-0.05, 0) is 52.9 Å². The van der Waals surface area contributed by atoms with E-state index in [1.54, 1.807) is 20.8 Å². The zero-order valence-electron chi connectivity index (χ0n) is 17.3. The Labute approximate surface area is 161 Å². The molecule has 154 valence electrons. The molecular formula is C19H33N3O5. The summed E-state index contributed by atoms with van der Waals surface area (Å²) in [4.78, 5) is 50.0. The standard InChI is InChI=1S/C19H33N3O5/c1-12(2)10-14(16(24)20-11-13(3)23)21-17(25)15-8-7-9-22(15)18(26)27-19(4,5)6/h12,14-15H,7-11H2,1-6H3,(H,20,24)(H,21,25)/t14-,15-/m0/s1. The summed E-state index contributed by atoms with van der Waals surface area (Å²) in [7, 11) is 0. The molecule has 0 bridgehead atoms. The number of rotatable bonds is 7. The number of carbonyl (C=O) groups excluding carboxylic acids is 4. The van der Waals surface area contributed by atoms with Gasteiger partial charge in [-0.1, -0.05) is 13.8 Å². The zero-order valence-corrected chi connectivity index (χ0v) is 17.3. The minimum absolute atomic E-state index is 0.0727. The van der Waals surface area contributed by atoms with E-state index in [0.29, 0.717) is 25.8 Å². The highest BCUT2D eigenvalue weighted by Crippen LogP contribution is 2.21. The molecule has 1 rings (SSSR count). The fraction of sp³-hybridized carbons (Fsp3) is 0.789. The van der Waals surface area contributed by atoms with Gasteiger partial charge in [0.05, 0.1) is 6.54 Å². The highest BCUT2D eigenvalue weighted by atomic mass is 16.6. The first-order chi connectivity index (χ1) is 12.4. The van der Waals surface area contributed by atoms with Crippen LogP contribution in [0.15, 0.2) is 0 Å². The molecule has 1 fully saturated rings. The van der Waals surface area contributed by atoms with Gasteiger partial charge in [-0.2, -0.15) is 0 Å². The Morgan fingerprint density at radius 1 is 1.19 bits per heavy atom. The van der Waals surface area contributed by atoms with Gasteiger partial charge in [0.2, 0.25) is 11.8 Å². The van der Waals surface area contributed by atoms with Crippen molar-refractivity contribution in [3.8, 4) is 0 Å². The summed E-state index contributed by atoms with van der Waals surface area (Å²) in [6.07, 6.45) is 1.13. The van der Waals surface area contributed by atoms with Crippen LogP contribution in [0.4, 0.5) is 4.79 Å². The summed E-state index contributed by atoms with van der Waals surface area (Å²) >= 11 is 0. The molecule has 0 aromatic rings. The lowest BCUT2D eigenvalue weighted by Gasteiger charge is -2.29. The summed E-state index contributed by atoms with van der Waals surface area (Å²) in [5.41, 5.74) is -0.645. The second-order valence-electron chi connectivity index (χ2n) is 8.44. The number of Topliss-reactive ketones (excluding diaryl/α,β-unsaturated/α-hetero) is 1. The van der Waals surface area contributed by atoms with Crippen LogP contribution in [0, 0.1) is 5.92 Å². The summed E-state index contributed by atoms with van der Waals surface area (Å²) < 4.78 is 5.37. The van der Waals surface area contributed by atoms with Crippen molar-refractivity contribution in [2.45, 2.75) is 78.5 Å². The van der Waals surface area contributed by atoms with Crippen LogP contribution < -0.4 is 10.6 Å². The van der Waals surface area contributed by atoms with Gasteiger partial charge in [0, 0.05) is 6.54 Å². The first-order valence-corrected chi connectivity index (χ1v) is 9.48. The largest absolute Gasteiger partial charge is 0.444 e. The predicted molar refractivity (Wildman–Crippen MR) is 101 cm³/mol. The summed E-state index contributed by atoms with van der Waals surface area (Å²) in [5.74, 6) is -0.759. The van der Waals surface area contributed by atoms with Gasteiger partial charge in [0.25, 0.3) is 0 Å². The molecule has 0 unspecified atom stereocenters. The van der Waals surface area contributed by atoms with Crippen molar-refractivity contribution in [2.75, 3.05) is 13.1 Å². The Kier molecular flexibility index (Phi) is 8.24. The Hall–Kier alpha value is -2.12. The molecule has 0 aromatic carbocycles. The molecule has 1 heterocycles. The van der Waals surface area contributed by atoms with Crippen LogP contribution in [0.2, 0.25) is 0 Å². The average Bonchev–Trinajstić information content (AvgIpc) is 2.99.